The fourth-order valence-corrected chi connectivity index (χ4v) is 3.07. The Labute approximate surface area is 156 Å². The highest BCUT2D eigenvalue weighted by Crippen LogP contribution is 2.26. The molecule has 0 saturated carbocycles. The van der Waals surface area contributed by atoms with E-state index >= 15 is 0 Å². The lowest BCUT2D eigenvalue weighted by molar-refractivity contribution is 0.102. The summed E-state index contributed by atoms with van der Waals surface area (Å²) in [5, 5.41) is 2.71. The van der Waals surface area contributed by atoms with Crippen molar-refractivity contribution in [3.63, 3.8) is 0 Å². The van der Waals surface area contributed by atoms with E-state index < -0.39 is 16.0 Å². The molecule has 0 aliphatic heterocycles. The molecule has 3 aromatic rings. The molecule has 3 rings (SSSR count). The van der Waals surface area contributed by atoms with Gasteiger partial charge in [-0.2, -0.15) is 8.42 Å². The number of hydrogen-bond donors (Lipinski definition) is 2. The number of halogens is 1. The Morgan fingerprint density at radius 1 is 0.885 bits per heavy atom. The maximum absolute atomic E-state index is 12.4. The number of benzene rings is 3. The lowest BCUT2D eigenvalue weighted by Gasteiger charge is -2.09. The highest BCUT2D eigenvalue weighted by molar-refractivity contribution is 7.85. The Bertz CT molecular complexity index is 1050. The molecular formula is C19H14ClNO4S. The van der Waals surface area contributed by atoms with E-state index in [4.69, 9.17) is 16.2 Å². The van der Waals surface area contributed by atoms with Crippen molar-refractivity contribution in [1.82, 2.24) is 0 Å². The van der Waals surface area contributed by atoms with Crippen LogP contribution in [-0.4, -0.2) is 18.9 Å². The number of carbonyl (C=O) groups excluding carboxylic acids is 1. The molecule has 0 spiro atoms. The minimum Gasteiger partial charge on any atom is -0.321 e. The van der Waals surface area contributed by atoms with Gasteiger partial charge in [0.2, 0.25) is 0 Å². The summed E-state index contributed by atoms with van der Waals surface area (Å²) in [5.41, 5.74) is 2.48. The summed E-state index contributed by atoms with van der Waals surface area (Å²) in [6.07, 6.45) is 0. The monoisotopic (exact) mass is 387 g/mol. The first-order valence-corrected chi connectivity index (χ1v) is 9.40. The average molecular weight is 388 g/mol. The lowest BCUT2D eigenvalue weighted by Crippen LogP contribution is -2.12. The van der Waals surface area contributed by atoms with Crippen LogP contribution < -0.4 is 5.32 Å². The number of anilines is 1. The Kier molecular flexibility index (Phi) is 5.08. The third kappa shape index (κ3) is 4.11. The first-order valence-electron chi connectivity index (χ1n) is 7.58. The molecule has 3 aromatic carbocycles. The normalized spacial score (nSPS) is 11.2. The standard InChI is InChI=1S/C19H14ClNO4S/c20-17-11-10-16(26(23,24)25)12-18(17)21-19(22)15-8-6-14(7-9-15)13-4-2-1-3-5-13/h1-12H,(H,21,22)(H,23,24,25). The molecule has 0 heterocycles. The predicted molar refractivity (Wildman–Crippen MR) is 101 cm³/mol. The largest absolute Gasteiger partial charge is 0.321 e. The number of rotatable bonds is 4. The fourth-order valence-electron chi connectivity index (χ4n) is 2.40. The Balaban J connectivity index is 1.83. The molecule has 132 valence electrons. The van der Waals surface area contributed by atoms with Gasteiger partial charge >= 0.3 is 0 Å². The Morgan fingerprint density at radius 3 is 2.12 bits per heavy atom. The van der Waals surface area contributed by atoms with Crippen molar-refractivity contribution < 1.29 is 17.8 Å². The second kappa shape index (κ2) is 7.29. The van der Waals surface area contributed by atoms with Gasteiger partial charge in [0.15, 0.2) is 0 Å². The smallest absolute Gasteiger partial charge is 0.294 e. The minimum atomic E-state index is -4.39. The van der Waals surface area contributed by atoms with Gasteiger partial charge < -0.3 is 5.32 Å². The Hall–Kier alpha value is -2.67. The van der Waals surface area contributed by atoms with Crippen LogP contribution in [0.3, 0.4) is 0 Å². The van der Waals surface area contributed by atoms with Gasteiger partial charge in [0.05, 0.1) is 15.6 Å². The summed E-state index contributed by atoms with van der Waals surface area (Å²) in [7, 11) is -4.39. The van der Waals surface area contributed by atoms with Crippen molar-refractivity contribution in [3.8, 4) is 11.1 Å². The van der Waals surface area contributed by atoms with Gasteiger partial charge in [-0.25, -0.2) is 0 Å². The molecule has 0 unspecified atom stereocenters. The highest BCUT2D eigenvalue weighted by Gasteiger charge is 2.14. The van der Waals surface area contributed by atoms with Gasteiger partial charge in [0.25, 0.3) is 16.0 Å². The van der Waals surface area contributed by atoms with E-state index in [9.17, 15) is 13.2 Å². The molecule has 0 radical (unpaired) electrons. The van der Waals surface area contributed by atoms with Crippen molar-refractivity contribution >= 4 is 33.3 Å². The highest BCUT2D eigenvalue weighted by atomic mass is 35.5. The van der Waals surface area contributed by atoms with Crippen molar-refractivity contribution in [1.29, 1.82) is 0 Å². The molecule has 0 aliphatic carbocycles. The SMILES string of the molecule is O=C(Nc1cc(S(=O)(=O)O)ccc1Cl)c1ccc(-c2ccccc2)cc1. The minimum absolute atomic E-state index is 0.0962. The molecule has 0 bridgehead atoms. The fraction of sp³-hybridized carbons (Fsp3) is 0. The van der Waals surface area contributed by atoms with Crippen LogP contribution in [0.2, 0.25) is 5.02 Å². The second-order valence-electron chi connectivity index (χ2n) is 5.51. The van der Waals surface area contributed by atoms with E-state index in [0.29, 0.717) is 5.56 Å². The van der Waals surface area contributed by atoms with E-state index in [1.165, 1.54) is 6.07 Å². The number of nitrogens with one attached hydrogen (secondary N) is 1. The van der Waals surface area contributed by atoms with Crippen LogP contribution in [0.5, 0.6) is 0 Å². The molecule has 5 nitrogen and oxygen atoms in total. The summed E-state index contributed by atoms with van der Waals surface area (Å²) in [5.74, 6) is -0.445. The molecule has 0 aromatic heterocycles. The topological polar surface area (TPSA) is 83.5 Å². The third-order valence-electron chi connectivity index (χ3n) is 3.74. The summed E-state index contributed by atoms with van der Waals surface area (Å²) in [6, 6.07) is 20.2. The number of carbonyl (C=O) groups is 1. The van der Waals surface area contributed by atoms with E-state index in [1.54, 1.807) is 12.1 Å². The van der Waals surface area contributed by atoms with E-state index in [0.717, 1.165) is 23.3 Å². The number of amides is 1. The van der Waals surface area contributed by atoms with Gasteiger partial charge in [-0.15, -0.1) is 0 Å². The van der Waals surface area contributed by atoms with Crippen LogP contribution in [0, 0.1) is 0 Å². The summed E-state index contributed by atoms with van der Waals surface area (Å²) < 4.78 is 31.6. The van der Waals surface area contributed by atoms with Crippen LogP contribution in [0.25, 0.3) is 11.1 Å². The molecule has 0 aliphatic rings. The van der Waals surface area contributed by atoms with Crippen LogP contribution in [0.4, 0.5) is 5.69 Å². The van der Waals surface area contributed by atoms with Gasteiger partial charge in [-0.05, 0) is 41.5 Å². The molecular weight excluding hydrogens is 374 g/mol. The molecule has 1 amide bonds. The maximum Gasteiger partial charge on any atom is 0.294 e. The molecule has 7 heteroatoms. The predicted octanol–water partition coefficient (Wildman–Crippen LogP) is 4.51. The second-order valence-corrected chi connectivity index (χ2v) is 7.34. The summed E-state index contributed by atoms with van der Waals surface area (Å²) in [4.78, 5) is 12.0. The van der Waals surface area contributed by atoms with Gasteiger partial charge in [0, 0.05) is 5.56 Å². The van der Waals surface area contributed by atoms with Crippen molar-refractivity contribution in [2.45, 2.75) is 4.90 Å². The van der Waals surface area contributed by atoms with Gasteiger partial charge in [-0.3, -0.25) is 9.35 Å². The zero-order valence-corrected chi connectivity index (χ0v) is 15.0. The van der Waals surface area contributed by atoms with Crippen LogP contribution >= 0.6 is 11.6 Å². The number of hydrogen-bond acceptors (Lipinski definition) is 3. The Morgan fingerprint density at radius 2 is 1.50 bits per heavy atom. The first kappa shape index (κ1) is 18.1. The van der Waals surface area contributed by atoms with Crippen molar-refractivity contribution in [3.05, 3.63) is 83.4 Å². The van der Waals surface area contributed by atoms with Crippen molar-refractivity contribution in [2.75, 3.05) is 5.32 Å². The zero-order valence-electron chi connectivity index (χ0n) is 13.4. The molecule has 0 fully saturated rings. The van der Waals surface area contributed by atoms with E-state index in [2.05, 4.69) is 5.32 Å². The van der Waals surface area contributed by atoms with E-state index in [-0.39, 0.29) is 15.6 Å². The molecule has 2 N–H and O–H groups in total. The molecule has 0 saturated heterocycles. The van der Waals surface area contributed by atoms with Crippen LogP contribution in [0.1, 0.15) is 10.4 Å². The maximum atomic E-state index is 12.4. The lowest BCUT2D eigenvalue weighted by atomic mass is 10.0. The summed E-state index contributed by atoms with van der Waals surface area (Å²) >= 11 is 5.99. The summed E-state index contributed by atoms with van der Waals surface area (Å²) in [6.45, 7) is 0. The first-order chi connectivity index (χ1) is 12.3. The average Bonchev–Trinajstić information content (AvgIpc) is 2.63. The molecule has 26 heavy (non-hydrogen) atoms. The quantitative estimate of drug-likeness (QED) is 0.645. The third-order valence-corrected chi connectivity index (χ3v) is 4.92. The van der Waals surface area contributed by atoms with Crippen LogP contribution in [-0.2, 0) is 10.1 Å². The molecule has 0 atom stereocenters. The van der Waals surface area contributed by atoms with Crippen LogP contribution in [0.15, 0.2) is 77.7 Å². The van der Waals surface area contributed by atoms with Crippen molar-refractivity contribution in [2.24, 2.45) is 0 Å². The van der Waals surface area contributed by atoms with Gasteiger partial charge in [-0.1, -0.05) is 54.1 Å². The van der Waals surface area contributed by atoms with E-state index in [1.807, 2.05) is 42.5 Å². The van der Waals surface area contributed by atoms with Gasteiger partial charge in [0.1, 0.15) is 0 Å². The zero-order chi connectivity index (χ0) is 18.7.